The van der Waals surface area contributed by atoms with Crippen LogP contribution in [-0.4, -0.2) is 54.0 Å². The van der Waals surface area contributed by atoms with Crippen LogP contribution in [0.5, 0.6) is 0 Å². The topological polar surface area (TPSA) is 105 Å². The van der Waals surface area contributed by atoms with Crippen molar-refractivity contribution in [3.63, 3.8) is 0 Å². The van der Waals surface area contributed by atoms with Gasteiger partial charge in [-0.2, -0.15) is 0 Å². The molecule has 0 bridgehead atoms. The van der Waals surface area contributed by atoms with Crippen LogP contribution < -0.4 is 10.6 Å². The van der Waals surface area contributed by atoms with E-state index in [2.05, 4.69) is 10.6 Å². The summed E-state index contributed by atoms with van der Waals surface area (Å²) in [5, 5.41) is 5.45. The van der Waals surface area contributed by atoms with Crippen LogP contribution in [0.4, 0.5) is 4.79 Å². The van der Waals surface area contributed by atoms with Gasteiger partial charge in [-0.1, -0.05) is 12.1 Å². The number of rotatable bonds is 6. The Labute approximate surface area is 199 Å². The molecule has 0 aliphatic carbocycles. The number of amides is 4. The Morgan fingerprint density at radius 1 is 1.00 bits per heavy atom. The minimum absolute atomic E-state index is 0.0122. The molecular formula is C26H31N3O5. The molecule has 2 aromatic rings. The van der Waals surface area contributed by atoms with E-state index in [0.29, 0.717) is 23.1 Å². The molecule has 0 saturated carbocycles. The van der Waals surface area contributed by atoms with Gasteiger partial charge in [0.15, 0.2) is 0 Å². The summed E-state index contributed by atoms with van der Waals surface area (Å²) < 4.78 is 5.42. The van der Waals surface area contributed by atoms with Crippen LogP contribution in [0, 0.1) is 13.8 Å². The van der Waals surface area contributed by atoms with Gasteiger partial charge in [0.05, 0.1) is 23.7 Å². The van der Waals surface area contributed by atoms with E-state index < -0.39 is 17.7 Å². The molecule has 1 aliphatic rings. The van der Waals surface area contributed by atoms with E-state index >= 15 is 0 Å². The standard InChI is InChI=1S/C26H31N3O5/c1-15-11-17(22(30)27-6)12-16(2)21(15)13-18(28-25(33)34-26(3,4)5)14-29-23(31)19-9-7-8-10-20(19)24(29)32/h7-12,18H,13-14H2,1-6H3,(H,27,30)(H,28,33)/t18-/m0/s1. The first kappa shape index (κ1) is 25.0. The highest BCUT2D eigenvalue weighted by Crippen LogP contribution is 2.24. The van der Waals surface area contributed by atoms with Crippen molar-refractivity contribution in [3.8, 4) is 0 Å². The lowest BCUT2D eigenvalue weighted by atomic mass is 9.93. The minimum Gasteiger partial charge on any atom is -0.444 e. The molecule has 34 heavy (non-hydrogen) atoms. The van der Waals surface area contributed by atoms with Crippen molar-refractivity contribution in [2.45, 2.75) is 52.7 Å². The maximum atomic E-state index is 12.9. The number of fused-ring (bicyclic) bond motifs is 1. The number of benzene rings is 2. The normalized spacial score (nSPS) is 14.0. The molecule has 4 amide bonds. The summed E-state index contributed by atoms with van der Waals surface area (Å²) in [6.45, 7) is 9.05. The molecule has 0 saturated heterocycles. The maximum absolute atomic E-state index is 12.9. The molecule has 2 N–H and O–H groups in total. The van der Waals surface area contributed by atoms with Crippen molar-refractivity contribution >= 4 is 23.8 Å². The Bertz CT molecular complexity index is 1090. The van der Waals surface area contributed by atoms with Crippen LogP contribution in [0.1, 0.15) is 68.5 Å². The SMILES string of the molecule is CNC(=O)c1cc(C)c(C[C@@H](CN2C(=O)c3ccccc3C2=O)NC(=O)OC(C)(C)C)c(C)c1. The smallest absolute Gasteiger partial charge is 0.407 e. The average molecular weight is 466 g/mol. The Hall–Kier alpha value is -3.68. The van der Waals surface area contributed by atoms with Gasteiger partial charge < -0.3 is 15.4 Å². The molecule has 1 heterocycles. The van der Waals surface area contributed by atoms with Crippen LogP contribution in [0.15, 0.2) is 36.4 Å². The number of alkyl carbamates (subject to hydrolysis) is 1. The Morgan fingerprint density at radius 3 is 2.00 bits per heavy atom. The van der Waals surface area contributed by atoms with Crippen LogP contribution in [0.25, 0.3) is 0 Å². The number of imide groups is 1. The molecule has 1 aliphatic heterocycles. The van der Waals surface area contributed by atoms with Gasteiger partial charge in [0.25, 0.3) is 17.7 Å². The molecule has 8 heteroatoms. The first-order chi connectivity index (χ1) is 15.9. The van der Waals surface area contributed by atoms with Crippen molar-refractivity contribution in [2.75, 3.05) is 13.6 Å². The fourth-order valence-corrected chi connectivity index (χ4v) is 4.10. The number of nitrogens with one attached hydrogen (secondary N) is 2. The van der Waals surface area contributed by atoms with Crippen molar-refractivity contribution in [3.05, 3.63) is 69.8 Å². The monoisotopic (exact) mass is 465 g/mol. The van der Waals surface area contributed by atoms with Crippen LogP contribution >= 0.6 is 0 Å². The second kappa shape index (κ2) is 9.67. The number of hydrogen-bond acceptors (Lipinski definition) is 5. The highest BCUT2D eigenvalue weighted by Gasteiger charge is 2.37. The Morgan fingerprint density at radius 2 is 1.53 bits per heavy atom. The molecular weight excluding hydrogens is 434 g/mol. The summed E-state index contributed by atoms with van der Waals surface area (Å²) in [5.41, 5.74) is 3.21. The van der Waals surface area contributed by atoms with E-state index in [1.54, 1.807) is 64.2 Å². The van der Waals surface area contributed by atoms with E-state index in [1.807, 2.05) is 13.8 Å². The third-order valence-corrected chi connectivity index (χ3v) is 5.64. The number of hydrogen-bond donors (Lipinski definition) is 2. The second-order valence-electron chi connectivity index (χ2n) is 9.48. The zero-order chi connectivity index (χ0) is 25.2. The van der Waals surface area contributed by atoms with E-state index in [4.69, 9.17) is 4.74 Å². The largest absolute Gasteiger partial charge is 0.444 e. The third-order valence-electron chi connectivity index (χ3n) is 5.64. The molecule has 180 valence electrons. The molecule has 0 unspecified atom stereocenters. The molecule has 0 fully saturated rings. The van der Waals surface area contributed by atoms with E-state index in [0.717, 1.165) is 21.6 Å². The van der Waals surface area contributed by atoms with Crippen LogP contribution in [0.2, 0.25) is 0 Å². The molecule has 0 aromatic heterocycles. The Kier molecular flexibility index (Phi) is 7.09. The van der Waals surface area contributed by atoms with Gasteiger partial charge in [-0.3, -0.25) is 19.3 Å². The van der Waals surface area contributed by atoms with Gasteiger partial charge in [-0.05, 0) is 82.0 Å². The van der Waals surface area contributed by atoms with Crippen LogP contribution in [0.3, 0.4) is 0 Å². The summed E-state index contributed by atoms with van der Waals surface area (Å²) in [5.74, 6) is -0.966. The highest BCUT2D eigenvalue weighted by molar-refractivity contribution is 6.21. The van der Waals surface area contributed by atoms with Crippen molar-refractivity contribution < 1.29 is 23.9 Å². The quantitative estimate of drug-likeness (QED) is 0.637. The lowest BCUT2D eigenvalue weighted by Crippen LogP contribution is -2.48. The predicted molar refractivity (Wildman–Crippen MR) is 128 cm³/mol. The minimum atomic E-state index is -0.703. The number of aryl methyl sites for hydroxylation is 2. The van der Waals surface area contributed by atoms with Gasteiger partial charge in [-0.25, -0.2) is 4.79 Å². The van der Waals surface area contributed by atoms with Crippen LogP contribution in [-0.2, 0) is 11.2 Å². The predicted octanol–water partition coefficient (Wildman–Crippen LogP) is 3.40. The zero-order valence-corrected chi connectivity index (χ0v) is 20.4. The van der Waals surface area contributed by atoms with Crippen molar-refractivity contribution in [1.29, 1.82) is 0 Å². The van der Waals surface area contributed by atoms with Gasteiger partial charge in [0.1, 0.15) is 5.60 Å². The molecule has 0 spiro atoms. The molecule has 0 radical (unpaired) electrons. The van der Waals surface area contributed by atoms with Gasteiger partial charge in [-0.15, -0.1) is 0 Å². The van der Waals surface area contributed by atoms with E-state index in [-0.39, 0.29) is 24.3 Å². The van der Waals surface area contributed by atoms with Gasteiger partial charge in [0, 0.05) is 12.6 Å². The van der Waals surface area contributed by atoms with Crippen molar-refractivity contribution in [1.82, 2.24) is 15.5 Å². The number of ether oxygens (including phenoxy) is 1. The number of nitrogens with zero attached hydrogens (tertiary/aromatic N) is 1. The summed E-state index contributed by atoms with van der Waals surface area (Å²) in [4.78, 5) is 51.7. The number of carbonyl (C=O) groups excluding carboxylic acids is 4. The third kappa shape index (κ3) is 5.44. The first-order valence-electron chi connectivity index (χ1n) is 11.2. The second-order valence-corrected chi connectivity index (χ2v) is 9.48. The van der Waals surface area contributed by atoms with E-state index in [9.17, 15) is 19.2 Å². The van der Waals surface area contributed by atoms with Gasteiger partial charge in [0.2, 0.25) is 0 Å². The average Bonchev–Trinajstić information content (AvgIpc) is 2.99. The summed E-state index contributed by atoms with van der Waals surface area (Å²) in [6.07, 6.45) is -0.287. The first-order valence-corrected chi connectivity index (χ1v) is 11.2. The molecule has 3 rings (SSSR count). The van der Waals surface area contributed by atoms with E-state index in [1.165, 1.54) is 0 Å². The maximum Gasteiger partial charge on any atom is 0.407 e. The fourth-order valence-electron chi connectivity index (χ4n) is 4.10. The molecule has 2 aromatic carbocycles. The zero-order valence-electron chi connectivity index (χ0n) is 20.4. The number of carbonyl (C=O) groups is 4. The summed E-state index contributed by atoms with van der Waals surface area (Å²) in [7, 11) is 1.57. The Balaban J connectivity index is 1.89. The fraction of sp³-hybridized carbons (Fsp3) is 0.385. The lowest BCUT2D eigenvalue weighted by molar-refractivity contribution is 0.0468. The summed E-state index contributed by atoms with van der Waals surface area (Å²) >= 11 is 0. The summed E-state index contributed by atoms with van der Waals surface area (Å²) in [6, 6.07) is 9.65. The van der Waals surface area contributed by atoms with Gasteiger partial charge >= 0.3 is 6.09 Å². The molecule has 1 atom stereocenters. The molecule has 8 nitrogen and oxygen atoms in total. The lowest BCUT2D eigenvalue weighted by Gasteiger charge is -2.27. The van der Waals surface area contributed by atoms with Crippen molar-refractivity contribution in [2.24, 2.45) is 0 Å². The highest BCUT2D eigenvalue weighted by atomic mass is 16.6.